The van der Waals surface area contributed by atoms with Gasteiger partial charge in [0.1, 0.15) is 11.5 Å². The molecule has 104 valence electrons. The number of imidazole rings is 1. The van der Waals surface area contributed by atoms with Gasteiger partial charge in [0, 0.05) is 17.3 Å². The first-order chi connectivity index (χ1) is 10.4. The molecule has 0 saturated carbocycles. The monoisotopic (exact) mass is 312 g/mol. The van der Waals surface area contributed by atoms with Crippen LogP contribution in [0, 0.1) is 0 Å². The van der Waals surface area contributed by atoms with E-state index in [4.69, 9.17) is 4.98 Å². The molecule has 4 aromatic rings. The number of hydrogen-bond donors (Lipinski definition) is 1. The van der Waals surface area contributed by atoms with Gasteiger partial charge in [-0.1, -0.05) is 12.1 Å². The van der Waals surface area contributed by atoms with Crippen molar-refractivity contribution in [2.45, 2.75) is 6.54 Å². The fraction of sp³-hybridized carbons (Fsp3) is 0.0667. The zero-order chi connectivity index (χ0) is 14.1. The molecule has 0 aliphatic rings. The highest BCUT2D eigenvalue weighted by Gasteiger charge is 2.14. The summed E-state index contributed by atoms with van der Waals surface area (Å²) in [6.45, 7) is 0.798. The van der Waals surface area contributed by atoms with Crippen LogP contribution in [0.2, 0.25) is 0 Å². The second-order valence-electron chi connectivity index (χ2n) is 4.52. The van der Waals surface area contributed by atoms with E-state index < -0.39 is 0 Å². The Labute approximate surface area is 129 Å². The van der Waals surface area contributed by atoms with Gasteiger partial charge in [0.15, 0.2) is 5.65 Å². The Morgan fingerprint density at radius 3 is 2.86 bits per heavy atom. The molecule has 0 atom stereocenters. The number of aromatic nitrogens is 3. The van der Waals surface area contributed by atoms with Gasteiger partial charge in [-0.25, -0.2) is 4.98 Å². The van der Waals surface area contributed by atoms with Crippen LogP contribution in [0.1, 0.15) is 4.88 Å². The van der Waals surface area contributed by atoms with Crippen molar-refractivity contribution in [2.75, 3.05) is 5.32 Å². The quantitative estimate of drug-likeness (QED) is 0.616. The summed E-state index contributed by atoms with van der Waals surface area (Å²) in [5, 5.41) is 7.68. The second kappa shape index (κ2) is 5.31. The fourth-order valence-corrected chi connectivity index (χ4v) is 3.60. The van der Waals surface area contributed by atoms with Gasteiger partial charge in [-0.15, -0.1) is 22.7 Å². The molecule has 4 rings (SSSR count). The Kier molecular flexibility index (Phi) is 3.17. The smallest absolute Gasteiger partial charge is 0.157 e. The van der Waals surface area contributed by atoms with Crippen molar-refractivity contribution in [1.29, 1.82) is 0 Å². The average molecular weight is 312 g/mol. The minimum atomic E-state index is 0.798. The van der Waals surface area contributed by atoms with Crippen LogP contribution in [-0.2, 0) is 6.54 Å². The van der Waals surface area contributed by atoms with E-state index in [-0.39, 0.29) is 0 Å². The highest BCUT2D eigenvalue weighted by Crippen LogP contribution is 2.32. The lowest BCUT2D eigenvalue weighted by atomic mass is 10.3. The topological polar surface area (TPSA) is 42.2 Å². The molecular weight excluding hydrogens is 300 g/mol. The van der Waals surface area contributed by atoms with Crippen molar-refractivity contribution >= 4 is 34.1 Å². The van der Waals surface area contributed by atoms with Crippen LogP contribution >= 0.6 is 22.7 Å². The van der Waals surface area contributed by atoms with Gasteiger partial charge < -0.3 is 5.32 Å². The van der Waals surface area contributed by atoms with E-state index in [9.17, 15) is 0 Å². The zero-order valence-electron chi connectivity index (χ0n) is 11.1. The molecule has 21 heavy (non-hydrogen) atoms. The summed E-state index contributed by atoms with van der Waals surface area (Å²) < 4.78 is 2.05. The van der Waals surface area contributed by atoms with Gasteiger partial charge in [-0.3, -0.25) is 9.38 Å². The Balaban J connectivity index is 1.79. The van der Waals surface area contributed by atoms with Crippen LogP contribution in [0.25, 0.3) is 16.2 Å². The molecule has 0 unspecified atom stereocenters. The minimum absolute atomic E-state index is 0.798. The predicted molar refractivity (Wildman–Crippen MR) is 87.9 cm³/mol. The maximum atomic E-state index is 4.71. The third kappa shape index (κ3) is 2.32. The number of fused-ring (bicyclic) bond motifs is 1. The van der Waals surface area contributed by atoms with Crippen molar-refractivity contribution in [3.05, 3.63) is 58.5 Å². The molecule has 0 amide bonds. The minimum Gasteiger partial charge on any atom is -0.364 e. The third-order valence-electron chi connectivity index (χ3n) is 3.19. The molecule has 4 heterocycles. The maximum absolute atomic E-state index is 4.71. The van der Waals surface area contributed by atoms with Gasteiger partial charge in [0.05, 0.1) is 17.6 Å². The number of rotatable bonds is 4. The SMILES string of the molecule is c1csc(CNc2c(-c3cccs3)nc3cnccn23)c1. The van der Waals surface area contributed by atoms with Crippen LogP contribution in [0.3, 0.4) is 0 Å². The first kappa shape index (κ1) is 12.6. The van der Waals surface area contributed by atoms with E-state index in [0.29, 0.717) is 0 Å². The van der Waals surface area contributed by atoms with Gasteiger partial charge in [-0.2, -0.15) is 0 Å². The zero-order valence-corrected chi connectivity index (χ0v) is 12.7. The molecule has 0 aliphatic carbocycles. The molecule has 0 saturated heterocycles. The molecule has 0 bridgehead atoms. The van der Waals surface area contributed by atoms with E-state index in [1.54, 1.807) is 35.1 Å². The lowest BCUT2D eigenvalue weighted by Crippen LogP contribution is -2.01. The van der Waals surface area contributed by atoms with Crippen LogP contribution < -0.4 is 5.32 Å². The highest BCUT2D eigenvalue weighted by molar-refractivity contribution is 7.13. The molecule has 0 aromatic carbocycles. The average Bonchev–Trinajstić information content (AvgIpc) is 3.25. The number of hydrogen-bond acceptors (Lipinski definition) is 5. The number of nitrogens with one attached hydrogen (secondary N) is 1. The van der Waals surface area contributed by atoms with Crippen molar-refractivity contribution in [2.24, 2.45) is 0 Å². The first-order valence-electron chi connectivity index (χ1n) is 6.54. The highest BCUT2D eigenvalue weighted by atomic mass is 32.1. The predicted octanol–water partition coefficient (Wildman–Crippen LogP) is 4.13. The molecule has 1 N–H and O–H groups in total. The van der Waals surface area contributed by atoms with Gasteiger partial charge in [-0.05, 0) is 22.9 Å². The summed E-state index contributed by atoms with van der Waals surface area (Å²) in [7, 11) is 0. The van der Waals surface area contributed by atoms with E-state index in [0.717, 1.165) is 28.6 Å². The Bertz CT molecular complexity index is 847. The molecule has 0 spiro atoms. The van der Waals surface area contributed by atoms with Gasteiger partial charge in [0.25, 0.3) is 0 Å². The van der Waals surface area contributed by atoms with Crippen LogP contribution in [0.5, 0.6) is 0 Å². The largest absolute Gasteiger partial charge is 0.364 e. The summed E-state index contributed by atoms with van der Waals surface area (Å²) >= 11 is 3.45. The molecule has 0 radical (unpaired) electrons. The first-order valence-corrected chi connectivity index (χ1v) is 8.30. The second-order valence-corrected chi connectivity index (χ2v) is 6.50. The van der Waals surface area contributed by atoms with E-state index in [2.05, 4.69) is 43.7 Å². The molecule has 6 heteroatoms. The lowest BCUT2D eigenvalue weighted by molar-refractivity contribution is 1.08. The van der Waals surface area contributed by atoms with Crippen molar-refractivity contribution in [3.63, 3.8) is 0 Å². The van der Waals surface area contributed by atoms with Crippen molar-refractivity contribution in [1.82, 2.24) is 14.4 Å². The normalized spacial score (nSPS) is 11.0. The molecule has 0 aliphatic heterocycles. The van der Waals surface area contributed by atoms with Crippen molar-refractivity contribution < 1.29 is 0 Å². The molecular formula is C15H12N4S2. The van der Waals surface area contributed by atoms with Gasteiger partial charge in [0.2, 0.25) is 0 Å². The standard InChI is InChI=1S/C15H12N4S2/c1-3-11(20-7-1)9-17-15-14(12-4-2-8-21-12)18-13-10-16-5-6-19(13)15/h1-8,10,17H,9H2. The number of anilines is 1. The number of thiophene rings is 2. The number of nitrogens with zero attached hydrogens (tertiary/aromatic N) is 3. The van der Waals surface area contributed by atoms with Crippen molar-refractivity contribution in [3.8, 4) is 10.6 Å². The summed E-state index contributed by atoms with van der Waals surface area (Å²) in [6, 6.07) is 8.34. The van der Waals surface area contributed by atoms with Crippen LogP contribution in [0.15, 0.2) is 53.6 Å². The van der Waals surface area contributed by atoms with Crippen LogP contribution in [0.4, 0.5) is 5.82 Å². The Hall–Kier alpha value is -2.18. The van der Waals surface area contributed by atoms with E-state index in [1.807, 2.05) is 12.3 Å². The third-order valence-corrected chi connectivity index (χ3v) is 4.95. The fourth-order valence-electron chi connectivity index (χ4n) is 2.24. The van der Waals surface area contributed by atoms with E-state index >= 15 is 0 Å². The molecule has 0 fully saturated rings. The maximum Gasteiger partial charge on any atom is 0.157 e. The van der Waals surface area contributed by atoms with Crippen LogP contribution in [-0.4, -0.2) is 14.4 Å². The summed E-state index contributed by atoms with van der Waals surface area (Å²) in [6.07, 6.45) is 5.51. The lowest BCUT2D eigenvalue weighted by Gasteiger charge is -2.06. The summed E-state index contributed by atoms with van der Waals surface area (Å²) in [5.41, 5.74) is 1.84. The Morgan fingerprint density at radius 2 is 2.05 bits per heavy atom. The van der Waals surface area contributed by atoms with E-state index in [1.165, 1.54) is 4.88 Å². The Morgan fingerprint density at radius 1 is 1.14 bits per heavy atom. The molecule has 4 nitrogen and oxygen atoms in total. The summed E-state index contributed by atoms with van der Waals surface area (Å²) in [5.74, 6) is 1.02. The molecule has 4 aromatic heterocycles. The van der Waals surface area contributed by atoms with Gasteiger partial charge >= 0.3 is 0 Å². The summed E-state index contributed by atoms with van der Waals surface area (Å²) in [4.78, 5) is 11.3.